The Morgan fingerprint density at radius 1 is 1.03 bits per heavy atom. The predicted molar refractivity (Wildman–Crippen MR) is 118 cm³/mol. The van der Waals surface area contributed by atoms with E-state index in [-0.39, 0.29) is 10.7 Å². The average Bonchev–Trinajstić information content (AvgIpc) is 2.81. The molecule has 0 bridgehead atoms. The molecular weight excluding hydrogens is 415 g/mol. The molecule has 0 spiro atoms. The van der Waals surface area contributed by atoms with Crippen LogP contribution >= 0.6 is 0 Å². The molecule has 0 unspecified atom stereocenters. The van der Waals surface area contributed by atoms with Crippen LogP contribution in [0.1, 0.15) is 18.4 Å². The van der Waals surface area contributed by atoms with Crippen molar-refractivity contribution >= 4 is 10.0 Å². The maximum absolute atomic E-state index is 13.6. The molecule has 1 aliphatic rings. The minimum absolute atomic E-state index is 0.259. The fraction of sp³-hybridized carbons (Fsp3) is 0.304. The van der Waals surface area contributed by atoms with Crippen molar-refractivity contribution in [3.63, 3.8) is 0 Å². The second-order valence-corrected chi connectivity index (χ2v) is 9.66. The van der Waals surface area contributed by atoms with Crippen LogP contribution in [0.15, 0.2) is 59.6 Å². The Hall–Kier alpha value is -2.68. The monoisotopic (exact) mass is 440 g/mol. The summed E-state index contributed by atoms with van der Waals surface area (Å²) in [5, 5.41) is 3.21. The fourth-order valence-corrected chi connectivity index (χ4v) is 5.24. The first kappa shape index (κ1) is 21.5. The second-order valence-electron chi connectivity index (χ2n) is 7.72. The number of aryl methyl sites for hydroxylation is 1. The van der Waals surface area contributed by atoms with E-state index in [0.29, 0.717) is 41.8 Å². The van der Waals surface area contributed by atoms with E-state index < -0.39 is 10.0 Å². The van der Waals surface area contributed by atoms with Crippen LogP contribution in [0.25, 0.3) is 22.6 Å². The number of sulfonamides is 1. The van der Waals surface area contributed by atoms with Gasteiger partial charge >= 0.3 is 0 Å². The van der Waals surface area contributed by atoms with Crippen LogP contribution in [0.5, 0.6) is 0 Å². The summed E-state index contributed by atoms with van der Waals surface area (Å²) >= 11 is 0. The lowest BCUT2D eigenvalue weighted by Crippen LogP contribution is -2.43. The van der Waals surface area contributed by atoms with Crippen molar-refractivity contribution in [1.82, 2.24) is 19.6 Å². The highest BCUT2D eigenvalue weighted by molar-refractivity contribution is 7.89. The van der Waals surface area contributed by atoms with Gasteiger partial charge in [0, 0.05) is 36.5 Å². The Labute approximate surface area is 182 Å². The molecule has 0 saturated carbocycles. The number of nitrogens with one attached hydrogen (secondary N) is 1. The highest BCUT2D eigenvalue weighted by Crippen LogP contribution is 2.25. The average molecular weight is 441 g/mol. The molecule has 1 saturated heterocycles. The highest BCUT2D eigenvalue weighted by Gasteiger charge is 2.28. The van der Waals surface area contributed by atoms with Crippen LogP contribution in [0.2, 0.25) is 0 Å². The van der Waals surface area contributed by atoms with Crippen molar-refractivity contribution in [3.05, 3.63) is 66.1 Å². The molecule has 2 aromatic carbocycles. The van der Waals surface area contributed by atoms with Crippen LogP contribution in [0.3, 0.4) is 0 Å². The van der Waals surface area contributed by atoms with Crippen molar-refractivity contribution in [3.8, 4) is 22.6 Å². The first-order valence-corrected chi connectivity index (χ1v) is 11.7. The van der Waals surface area contributed by atoms with Crippen LogP contribution < -0.4 is 5.32 Å². The summed E-state index contributed by atoms with van der Waals surface area (Å²) < 4.78 is 41.1. The third-order valence-electron chi connectivity index (χ3n) is 5.72. The summed E-state index contributed by atoms with van der Waals surface area (Å²) in [6.07, 6.45) is 3.25. The zero-order chi connectivity index (χ0) is 22.0. The maximum Gasteiger partial charge on any atom is 0.243 e. The normalized spacial score (nSPS) is 15.8. The summed E-state index contributed by atoms with van der Waals surface area (Å²) in [6, 6.07) is 13.6. The Bertz CT molecular complexity index is 1170. The zero-order valence-corrected chi connectivity index (χ0v) is 18.4. The van der Waals surface area contributed by atoms with Crippen LogP contribution in [-0.4, -0.2) is 48.9 Å². The molecule has 2 heterocycles. The van der Waals surface area contributed by atoms with E-state index in [0.717, 1.165) is 18.4 Å². The van der Waals surface area contributed by atoms with Gasteiger partial charge in [-0.05, 0) is 80.9 Å². The van der Waals surface area contributed by atoms with Crippen LogP contribution in [0.4, 0.5) is 4.39 Å². The summed E-state index contributed by atoms with van der Waals surface area (Å²) in [5.74, 6) is 0.225. The number of aromatic nitrogens is 2. The topological polar surface area (TPSA) is 75.2 Å². The van der Waals surface area contributed by atoms with E-state index in [1.165, 1.54) is 6.07 Å². The molecule has 0 amide bonds. The minimum Gasteiger partial charge on any atom is -0.317 e. The van der Waals surface area contributed by atoms with Crippen molar-refractivity contribution in [1.29, 1.82) is 0 Å². The molecule has 0 aliphatic carbocycles. The van der Waals surface area contributed by atoms with E-state index >= 15 is 0 Å². The number of hydrogen-bond donors (Lipinski definition) is 1. The Morgan fingerprint density at radius 2 is 1.71 bits per heavy atom. The lowest BCUT2D eigenvalue weighted by atomic mass is 10.1. The molecule has 3 aromatic rings. The Morgan fingerprint density at radius 3 is 2.35 bits per heavy atom. The SMILES string of the molecule is CNC1CCN(S(=O)(=O)c2ccc(-c3nccc(-c4ccc(F)c(C)c4)n3)cc2)CC1. The fourth-order valence-electron chi connectivity index (χ4n) is 3.77. The number of hydrogen-bond acceptors (Lipinski definition) is 5. The van der Waals surface area contributed by atoms with Crippen molar-refractivity contribution in [2.75, 3.05) is 20.1 Å². The summed E-state index contributed by atoms with van der Waals surface area (Å²) in [7, 11) is -1.62. The summed E-state index contributed by atoms with van der Waals surface area (Å²) in [5.41, 5.74) is 2.74. The number of nitrogens with zero attached hydrogens (tertiary/aromatic N) is 3. The number of benzene rings is 2. The molecule has 4 rings (SSSR count). The van der Waals surface area contributed by atoms with Gasteiger partial charge in [-0.2, -0.15) is 4.31 Å². The molecule has 31 heavy (non-hydrogen) atoms. The van der Waals surface area contributed by atoms with Gasteiger partial charge in [0.05, 0.1) is 10.6 Å². The maximum atomic E-state index is 13.6. The van der Waals surface area contributed by atoms with E-state index in [1.807, 2.05) is 7.05 Å². The van der Waals surface area contributed by atoms with Gasteiger partial charge in [-0.15, -0.1) is 0 Å². The molecule has 0 atom stereocenters. The van der Waals surface area contributed by atoms with Gasteiger partial charge in [-0.25, -0.2) is 22.8 Å². The molecule has 6 nitrogen and oxygen atoms in total. The second kappa shape index (κ2) is 8.82. The van der Waals surface area contributed by atoms with Gasteiger partial charge in [0.1, 0.15) is 5.82 Å². The van der Waals surface area contributed by atoms with E-state index in [2.05, 4.69) is 15.3 Å². The number of piperidine rings is 1. The Balaban J connectivity index is 1.56. The minimum atomic E-state index is -3.52. The molecule has 162 valence electrons. The summed E-state index contributed by atoms with van der Waals surface area (Å²) in [4.78, 5) is 9.17. The van der Waals surface area contributed by atoms with Crippen molar-refractivity contribution in [2.45, 2.75) is 30.7 Å². The largest absolute Gasteiger partial charge is 0.317 e. The van der Waals surface area contributed by atoms with Gasteiger partial charge in [0.15, 0.2) is 5.82 Å². The lowest BCUT2D eigenvalue weighted by Gasteiger charge is -2.31. The van der Waals surface area contributed by atoms with Gasteiger partial charge in [0.2, 0.25) is 10.0 Å². The quantitative estimate of drug-likeness (QED) is 0.656. The molecular formula is C23H25FN4O2S. The smallest absolute Gasteiger partial charge is 0.243 e. The Kier molecular flexibility index (Phi) is 6.13. The lowest BCUT2D eigenvalue weighted by molar-refractivity contribution is 0.298. The van der Waals surface area contributed by atoms with Gasteiger partial charge in [0.25, 0.3) is 0 Å². The van der Waals surface area contributed by atoms with E-state index in [1.54, 1.807) is 59.9 Å². The van der Waals surface area contributed by atoms with Crippen LogP contribution in [-0.2, 0) is 10.0 Å². The molecule has 1 N–H and O–H groups in total. The highest BCUT2D eigenvalue weighted by atomic mass is 32.2. The zero-order valence-electron chi connectivity index (χ0n) is 17.5. The first-order valence-electron chi connectivity index (χ1n) is 10.3. The standard InChI is InChI=1S/C23H25FN4O2S/c1-16-15-18(5-8-21(16)24)22-9-12-26-23(27-22)17-3-6-20(7-4-17)31(29,30)28-13-10-19(25-2)11-14-28/h3-9,12,15,19,25H,10-11,13-14H2,1-2H3. The molecule has 8 heteroatoms. The van der Waals surface area contributed by atoms with Gasteiger partial charge in [-0.3, -0.25) is 0 Å². The van der Waals surface area contributed by atoms with E-state index in [9.17, 15) is 12.8 Å². The molecule has 1 aliphatic heterocycles. The first-order chi connectivity index (χ1) is 14.9. The van der Waals surface area contributed by atoms with Gasteiger partial charge < -0.3 is 5.32 Å². The molecule has 1 fully saturated rings. The molecule has 0 radical (unpaired) electrons. The van der Waals surface area contributed by atoms with Crippen molar-refractivity contribution in [2.24, 2.45) is 0 Å². The van der Waals surface area contributed by atoms with Crippen LogP contribution in [0, 0.1) is 12.7 Å². The van der Waals surface area contributed by atoms with Gasteiger partial charge in [-0.1, -0.05) is 0 Å². The molecule has 1 aromatic heterocycles. The number of rotatable bonds is 5. The van der Waals surface area contributed by atoms with Crippen molar-refractivity contribution < 1.29 is 12.8 Å². The predicted octanol–water partition coefficient (Wildman–Crippen LogP) is 3.63. The summed E-state index contributed by atoms with van der Waals surface area (Å²) in [6.45, 7) is 2.73. The van der Waals surface area contributed by atoms with E-state index in [4.69, 9.17) is 0 Å². The third-order valence-corrected chi connectivity index (χ3v) is 7.63. The number of halogens is 1. The third kappa shape index (κ3) is 4.51.